The molecule has 1 unspecified atom stereocenters. The Morgan fingerprint density at radius 3 is 2.41 bits per heavy atom. The molecule has 7 nitrogen and oxygen atoms in total. The first-order valence-electron chi connectivity index (χ1n) is 10.1. The Morgan fingerprint density at radius 1 is 1.00 bits per heavy atom. The van der Waals surface area contributed by atoms with Crippen LogP contribution in [0.5, 0.6) is 11.5 Å². The van der Waals surface area contributed by atoms with Crippen LogP contribution in [0.2, 0.25) is 0 Å². The summed E-state index contributed by atoms with van der Waals surface area (Å²) in [4.78, 5) is 14.4. The van der Waals surface area contributed by atoms with E-state index in [2.05, 4.69) is 10.6 Å². The number of hydrogen-bond acceptors (Lipinski definition) is 5. The summed E-state index contributed by atoms with van der Waals surface area (Å²) in [5.41, 5.74) is 4.42. The maximum atomic E-state index is 12.4. The minimum atomic E-state index is -1.12. The third-order valence-electron chi connectivity index (χ3n) is 5.15. The predicted octanol–water partition coefficient (Wildman–Crippen LogP) is 4.66. The van der Waals surface area contributed by atoms with Crippen LogP contribution < -0.4 is 25.0 Å². The van der Waals surface area contributed by atoms with Gasteiger partial charge in [0.1, 0.15) is 11.5 Å². The lowest BCUT2D eigenvalue weighted by Crippen LogP contribution is -2.22. The number of methoxy groups -OCH3 is 1. The van der Waals surface area contributed by atoms with E-state index in [0.29, 0.717) is 34.0 Å². The zero-order chi connectivity index (χ0) is 22.7. The van der Waals surface area contributed by atoms with Crippen molar-refractivity contribution in [2.24, 2.45) is 0 Å². The Labute approximate surface area is 186 Å². The van der Waals surface area contributed by atoms with Crippen molar-refractivity contribution in [2.45, 2.75) is 6.29 Å². The molecule has 0 spiro atoms. The number of carbonyl (C=O) groups excluding carboxylic acids is 1. The number of aliphatic hydroxyl groups excluding tert-OH is 1. The number of rotatable bonds is 5. The van der Waals surface area contributed by atoms with Gasteiger partial charge in [-0.15, -0.1) is 0 Å². The number of aliphatic hydroxyl groups is 1. The van der Waals surface area contributed by atoms with E-state index in [1.165, 1.54) is 0 Å². The molecule has 3 aromatic carbocycles. The predicted molar refractivity (Wildman–Crippen MR) is 127 cm³/mol. The fourth-order valence-electron chi connectivity index (χ4n) is 3.48. The molecule has 0 radical (unpaired) electrons. The van der Waals surface area contributed by atoms with Crippen molar-refractivity contribution in [3.05, 3.63) is 77.9 Å². The highest BCUT2D eigenvalue weighted by Crippen LogP contribution is 2.37. The van der Waals surface area contributed by atoms with Gasteiger partial charge < -0.3 is 30.1 Å². The van der Waals surface area contributed by atoms with Crippen molar-refractivity contribution in [1.29, 1.82) is 0 Å². The van der Waals surface area contributed by atoms with Gasteiger partial charge in [0.25, 0.3) is 0 Å². The number of hydrogen-bond donors (Lipinski definition) is 3. The molecule has 0 saturated carbocycles. The number of amides is 2. The third kappa shape index (κ3) is 4.53. The molecule has 164 valence electrons. The van der Waals surface area contributed by atoms with Crippen molar-refractivity contribution < 1.29 is 19.4 Å². The quantitative estimate of drug-likeness (QED) is 0.547. The minimum absolute atomic E-state index is 0.369. The lowest BCUT2D eigenvalue weighted by atomic mass is 9.98. The molecule has 0 saturated heterocycles. The average molecular weight is 431 g/mol. The van der Waals surface area contributed by atoms with Crippen LogP contribution in [-0.2, 0) is 0 Å². The van der Waals surface area contributed by atoms with E-state index >= 15 is 0 Å². The molecule has 7 heteroatoms. The van der Waals surface area contributed by atoms with Crippen molar-refractivity contribution in [1.82, 2.24) is 0 Å². The molecule has 3 aromatic rings. The van der Waals surface area contributed by atoms with Crippen LogP contribution in [0.15, 0.2) is 66.7 Å². The van der Waals surface area contributed by atoms with Gasteiger partial charge in [-0.3, -0.25) is 0 Å². The number of benzene rings is 3. The Kier molecular flexibility index (Phi) is 6.00. The molecule has 1 aliphatic heterocycles. The van der Waals surface area contributed by atoms with E-state index in [-0.39, 0.29) is 6.03 Å². The zero-order valence-corrected chi connectivity index (χ0v) is 18.1. The summed E-state index contributed by atoms with van der Waals surface area (Å²) in [5.74, 6) is 1.13. The first kappa shape index (κ1) is 21.3. The zero-order valence-electron chi connectivity index (χ0n) is 18.1. The maximum Gasteiger partial charge on any atom is 0.323 e. The van der Waals surface area contributed by atoms with Crippen molar-refractivity contribution in [3.8, 4) is 11.5 Å². The molecule has 4 rings (SSSR count). The number of nitrogens with zero attached hydrogens (tertiary/aromatic N) is 1. The number of urea groups is 1. The summed E-state index contributed by atoms with van der Waals surface area (Å²) in [5, 5.41) is 16.1. The highest BCUT2D eigenvalue weighted by atomic mass is 16.6. The van der Waals surface area contributed by atoms with Gasteiger partial charge in [0.15, 0.2) is 0 Å². The van der Waals surface area contributed by atoms with E-state index in [1.54, 1.807) is 25.3 Å². The molecule has 0 bridgehead atoms. The van der Waals surface area contributed by atoms with Gasteiger partial charge in [-0.1, -0.05) is 18.2 Å². The average Bonchev–Trinajstić information content (AvgIpc) is 2.79. The summed E-state index contributed by atoms with van der Waals surface area (Å²) in [7, 11) is 5.46. The van der Waals surface area contributed by atoms with Gasteiger partial charge >= 0.3 is 6.03 Å². The van der Waals surface area contributed by atoms with Gasteiger partial charge in [0, 0.05) is 53.9 Å². The highest BCUT2D eigenvalue weighted by Gasteiger charge is 2.24. The normalized spacial score (nSPS) is 14.5. The van der Waals surface area contributed by atoms with Crippen LogP contribution in [0.25, 0.3) is 11.6 Å². The maximum absolute atomic E-state index is 12.4. The van der Waals surface area contributed by atoms with E-state index in [9.17, 15) is 9.90 Å². The van der Waals surface area contributed by atoms with Crippen molar-refractivity contribution >= 4 is 34.7 Å². The van der Waals surface area contributed by atoms with Crippen LogP contribution in [0, 0.1) is 0 Å². The minimum Gasteiger partial charge on any atom is -0.496 e. The number of anilines is 3. The lowest BCUT2D eigenvalue weighted by molar-refractivity contribution is 0.0318. The summed E-state index contributed by atoms with van der Waals surface area (Å²) < 4.78 is 11.2. The molecule has 0 aromatic heterocycles. The number of para-hydroxylation sites is 1. The Morgan fingerprint density at radius 2 is 1.69 bits per heavy atom. The molecule has 1 atom stereocenters. The van der Waals surface area contributed by atoms with Crippen molar-refractivity contribution in [2.75, 3.05) is 36.7 Å². The number of carbonyl (C=O) groups is 1. The smallest absolute Gasteiger partial charge is 0.323 e. The second-order valence-electron chi connectivity index (χ2n) is 7.54. The van der Waals surface area contributed by atoms with E-state index in [4.69, 9.17) is 9.47 Å². The van der Waals surface area contributed by atoms with Gasteiger partial charge in [-0.25, -0.2) is 4.79 Å². The van der Waals surface area contributed by atoms with E-state index in [1.807, 2.05) is 73.6 Å². The fourth-order valence-corrected chi connectivity index (χ4v) is 3.48. The molecule has 1 heterocycles. The van der Waals surface area contributed by atoms with Crippen molar-refractivity contribution in [3.63, 3.8) is 0 Å². The standard InChI is InChI=1S/C25H25N3O4/c1-28(2)19-11-8-17(9-12-19)26-25(30)27-18-10-13-20(23(15-18)31-3)21-14-16-6-4-5-7-22(16)32-24(21)29/h4-15,24,29H,1-3H3,(H2,26,27,30). The van der Waals surface area contributed by atoms with Gasteiger partial charge in [-0.2, -0.15) is 0 Å². The highest BCUT2D eigenvalue weighted by molar-refractivity contribution is 6.00. The first-order chi connectivity index (χ1) is 15.4. The molecule has 3 N–H and O–H groups in total. The SMILES string of the molecule is COc1cc(NC(=O)Nc2ccc(N(C)C)cc2)ccc1C1=Cc2ccccc2OC1O. The summed E-state index contributed by atoms with van der Waals surface area (Å²) in [6.07, 6.45) is 0.754. The first-order valence-corrected chi connectivity index (χ1v) is 10.1. The second-order valence-corrected chi connectivity index (χ2v) is 7.54. The largest absolute Gasteiger partial charge is 0.496 e. The number of fused-ring (bicyclic) bond motifs is 1. The molecular weight excluding hydrogens is 406 g/mol. The molecule has 0 fully saturated rings. The Balaban J connectivity index is 1.51. The van der Waals surface area contributed by atoms with E-state index in [0.717, 1.165) is 11.3 Å². The van der Waals surface area contributed by atoms with Crippen LogP contribution in [-0.4, -0.2) is 38.6 Å². The van der Waals surface area contributed by atoms with Gasteiger partial charge in [0.2, 0.25) is 6.29 Å². The molecular formula is C25H25N3O4. The summed E-state index contributed by atoms with van der Waals surface area (Å²) in [6, 6.07) is 19.9. The van der Waals surface area contributed by atoms with Crippen LogP contribution in [0.1, 0.15) is 11.1 Å². The fraction of sp³-hybridized carbons (Fsp3) is 0.160. The number of nitrogens with one attached hydrogen (secondary N) is 2. The Hall–Kier alpha value is -3.97. The Bertz CT molecular complexity index is 1160. The monoisotopic (exact) mass is 431 g/mol. The molecule has 2 amide bonds. The second kappa shape index (κ2) is 9.03. The molecule has 1 aliphatic rings. The van der Waals surface area contributed by atoms with Gasteiger partial charge in [0.05, 0.1) is 7.11 Å². The lowest BCUT2D eigenvalue weighted by Gasteiger charge is -2.24. The van der Waals surface area contributed by atoms with Crippen LogP contribution in [0.4, 0.5) is 21.9 Å². The third-order valence-corrected chi connectivity index (χ3v) is 5.15. The molecule has 32 heavy (non-hydrogen) atoms. The number of ether oxygens (including phenoxy) is 2. The summed E-state index contributed by atoms with van der Waals surface area (Å²) >= 11 is 0. The topological polar surface area (TPSA) is 83.1 Å². The molecule has 0 aliphatic carbocycles. The van der Waals surface area contributed by atoms with Crippen LogP contribution >= 0.6 is 0 Å². The van der Waals surface area contributed by atoms with Crippen LogP contribution in [0.3, 0.4) is 0 Å². The van der Waals surface area contributed by atoms with E-state index < -0.39 is 6.29 Å². The van der Waals surface area contributed by atoms with Gasteiger partial charge in [-0.05, 0) is 48.5 Å². The summed E-state index contributed by atoms with van der Waals surface area (Å²) in [6.45, 7) is 0.